The van der Waals surface area contributed by atoms with E-state index in [1.807, 2.05) is 19.3 Å². The summed E-state index contributed by atoms with van der Waals surface area (Å²) in [4.78, 5) is 0. The minimum absolute atomic E-state index is 0.440. The summed E-state index contributed by atoms with van der Waals surface area (Å²) in [5.74, 6) is 0. The zero-order chi connectivity index (χ0) is 8.55. The Morgan fingerprint density at radius 1 is 1.50 bits per heavy atom. The van der Waals surface area contributed by atoms with Gasteiger partial charge in [0.05, 0.1) is 0 Å². The summed E-state index contributed by atoms with van der Waals surface area (Å²) in [7, 11) is 1.85. The molecule has 2 aromatic heterocycles. The molecule has 2 heterocycles. The minimum Gasteiger partial charge on any atom is -0.275 e. The topological polar surface area (TPSA) is 43.6 Å². The van der Waals surface area contributed by atoms with Crippen LogP contribution in [0.4, 0.5) is 0 Å². The van der Waals surface area contributed by atoms with Crippen molar-refractivity contribution < 1.29 is 0 Å². The molecule has 0 atom stereocenters. The Morgan fingerprint density at radius 3 is 2.83 bits per heavy atom. The quantitative estimate of drug-likeness (QED) is 0.702. The molecule has 0 aliphatic rings. The van der Waals surface area contributed by atoms with Gasteiger partial charge in [0.25, 0.3) is 0 Å². The van der Waals surface area contributed by atoms with E-state index in [0.29, 0.717) is 4.47 Å². The zero-order valence-corrected chi connectivity index (χ0v) is 7.80. The van der Waals surface area contributed by atoms with E-state index >= 15 is 0 Å². The van der Waals surface area contributed by atoms with Crippen LogP contribution in [0.2, 0.25) is 4.47 Å². The van der Waals surface area contributed by atoms with Crippen LogP contribution in [0.3, 0.4) is 0 Å². The first-order valence-corrected chi connectivity index (χ1v) is 4.44. The molecule has 0 saturated carbocycles. The second kappa shape index (κ2) is 2.84. The van der Waals surface area contributed by atoms with E-state index in [1.165, 1.54) is 11.3 Å². The lowest BCUT2D eigenvalue weighted by atomic mass is 10.5. The maximum atomic E-state index is 5.63. The van der Waals surface area contributed by atoms with Gasteiger partial charge in [0.1, 0.15) is 5.69 Å². The van der Waals surface area contributed by atoms with Gasteiger partial charge in [-0.3, -0.25) is 4.68 Å². The summed E-state index contributed by atoms with van der Waals surface area (Å²) >= 11 is 6.95. The predicted molar refractivity (Wildman–Crippen MR) is 47.1 cm³/mol. The molecule has 0 amide bonds. The summed E-state index contributed by atoms with van der Waals surface area (Å²) in [5, 5.41) is 12.5. The first-order chi connectivity index (χ1) is 5.75. The average molecular weight is 201 g/mol. The van der Waals surface area contributed by atoms with Gasteiger partial charge in [0.2, 0.25) is 4.47 Å². The standard InChI is InChI=1S/C6H5ClN4S/c1-11-3-2-4(10-11)5-8-9-6(7)12-5/h2-3H,1H3. The van der Waals surface area contributed by atoms with Gasteiger partial charge in [-0.15, -0.1) is 10.2 Å². The Morgan fingerprint density at radius 2 is 2.33 bits per heavy atom. The van der Waals surface area contributed by atoms with Crippen molar-refractivity contribution in [1.29, 1.82) is 0 Å². The normalized spacial score (nSPS) is 10.5. The lowest BCUT2D eigenvalue weighted by molar-refractivity contribution is 0.770. The molecular formula is C6H5ClN4S. The highest BCUT2D eigenvalue weighted by atomic mass is 35.5. The summed E-state index contributed by atoms with van der Waals surface area (Å²) in [5.41, 5.74) is 0.807. The van der Waals surface area contributed by atoms with Crippen LogP contribution in [-0.4, -0.2) is 20.0 Å². The van der Waals surface area contributed by atoms with E-state index in [4.69, 9.17) is 11.6 Å². The van der Waals surface area contributed by atoms with Crippen LogP contribution in [0, 0.1) is 0 Å². The summed E-state index contributed by atoms with van der Waals surface area (Å²) < 4.78 is 2.15. The maximum absolute atomic E-state index is 5.63. The monoisotopic (exact) mass is 200 g/mol. The fourth-order valence-electron chi connectivity index (χ4n) is 0.838. The van der Waals surface area contributed by atoms with E-state index in [9.17, 15) is 0 Å². The van der Waals surface area contributed by atoms with Gasteiger partial charge in [-0.25, -0.2) is 0 Å². The maximum Gasteiger partial charge on any atom is 0.207 e. The Hall–Kier alpha value is -0.940. The van der Waals surface area contributed by atoms with Gasteiger partial charge in [-0.05, 0) is 17.7 Å². The Bertz CT molecular complexity index is 355. The third kappa shape index (κ3) is 1.33. The molecule has 0 N–H and O–H groups in total. The van der Waals surface area contributed by atoms with Gasteiger partial charge >= 0.3 is 0 Å². The predicted octanol–water partition coefficient (Wildman–Crippen LogP) is 1.59. The second-order valence-electron chi connectivity index (χ2n) is 2.23. The van der Waals surface area contributed by atoms with Gasteiger partial charge in [0, 0.05) is 13.2 Å². The first-order valence-electron chi connectivity index (χ1n) is 3.25. The minimum atomic E-state index is 0.440. The molecular weight excluding hydrogens is 196 g/mol. The number of aryl methyl sites for hydroxylation is 1. The summed E-state index contributed by atoms with van der Waals surface area (Å²) in [6.45, 7) is 0. The number of halogens is 1. The lowest BCUT2D eigenvalue weighted by Crippen LogP contribution is -1.87. The molecule has 2 rings (SSSR count). The van der Waals surface area contributed by atoms with Crippen LogP contribution in [0.1, 0.15) is 0 Å². The molecule has 0 radical (unpaired) electrons. The van der Waals surface area contributed by atoms with Crippen LogP contribution in [0.25, 0.3) is 10.7 Å². The average Bonchev–Trinajstić information content (AvgIpc) is 2.58. The zero-order valence-electron chi connectivity index (χ0n) is 6.23. The van der Waals surface area contributed by atoms with Crippen LogP contribution >= 0.6 is 22.9 Å². The van der Waals surface area contributed by atoms with Crippen LogP contribution in [0.5, 0.6) is 0 Å². The molecule has 62 valence electrons. The molecule has 6 heteroatoms. The molecule has 0 bridgehead atoms. The molecule has 0 fully saturated rings. The van der Waals surface area contributed by atoms with Crippen molar-refractivity contribution in [2.45, 2.75) is 0 Å². The number of rotatable bonds is 1. The summed E-state index contributed by atoms with van der Waals surface area (Å²) in [6, 6.07) is 1.87. The van der Waals surface area contributed by atoms with E-state index in [1.54, 1.807) is 4.68 Å². The fraction of sp³-hybridized carbons (Fsp3) is 0.167. The Balaban J connectivity index is 2.43. The number of aromatic nitrogens is 4. The van der Waals surface area contributed by atoms with Crippen molar-refractivity contribution in [2.75, 3.05) is 0 Å². The van der Waals surface area contributed by atoms with Gasteiger partial charge in [-0.2, -0.15) is 5.10 Å². The second-order valence-corrected chi connectivity index (χ2v) is 3.79. The van der Waals surface area contributed by atoms with Crippen molar-refractivity contribution >= 4 is 22.9 Å². The highest BCUT2D eigenvalue weighted by Crippen LogP contribution is 2.23. The first kappa shape index (κ1) is 7.70. The third-order valence-corrected chi connectivity index (χ3v) is 2.37. The van der Waals surface area contributed by atoms with Crippen molar-refractivity contribution in [3.8, 4) is 10.7 Å². The van der Waals surface area contributed by atoms with E-state index in [0.717, 1.165) is 10.7 Å². The molecule has 0 unspecified atom stereocenters. The third-order valence-electron chi connectivity index (χ3n) is 1.33. The molecule has 0 spiro atoms. The number of hydrogen-bond acceptors (Lipinski definition) is 4. The highest BCUT2D eigenvalue weighted by Gasteiger charge is 2.06. The highest BCUT2D eigenvalue weighted by molar-refractivity contribution is 7.18. The summed E-state index contributed by atoms with van der Waals surface area (Å²) in [6.07, 6.45) is 1.85. The number of hydrogen-bond donors (Lipinski definition) is 0. The van der Waals surface area contributed by atoms with Gasteiger partial charge in [0.15, 0.2) is 5.01 Å². The number of nitrogens with zero attached hydrogens (tertiary/aromatic N) is 4. The Kier molecular flexibility index (Phi) is 1.82. The van der Waals surface area contributed by atoms with Crippen molar-refractivity contribution in [3.63, 3.8) is 0 Å². The van der Waals surface area contributed by atoms with Gasteiger partial charge < -0.3 is 0 Å². The SMILES string of the molecule is Cn1ccc(-c2nnc(Cl)s2)n1. The van der Waals surface area contributed by atoms with Crippen LogP contribution in [-0.2, 0) is 7.05 Å². The van der Waals surface area contributed by atoms with Crippen LogP contribution in [0.15, 0.2) is 12.3 Å². The van der Waals surface area contributed by atoms with E-state index in [2.05, 4.69) is 15.3 Å². The molecule has 0 aliphatic carbocycles. The molecule has 0 saturated heterocycles. The van der Waals surface area contributed by atoms with Crippen molar-refractivity contribution in [3.05, 3.63) is 16.7 Å². The fourth-order valence-corrected chi connectivity index (χ4v) is 1.63. The molecule has 4 nitrogen and oxygen atoms in total. The molecule has 12 heavy (non-hydrogen) atoms. The largest absolute Gasteiger partial charge is 0.275 e. The van der Waals surface area contributed by atoms with Crippen molar-refractivity contribution in [2.24, 2.45) is 7.05 Å². The Labute approximate surface area is 77.8 Å². The smallest absolute Gasteiger partial charge is 0.207 e. The van der Waals surface area contributed by atoms with Gasteiger partial charge in [-0.1, -0.05) is 11.3 Å². The van der Waals surface area contributed by atoms with E-state index < -0.39 is 0 Å². The van der Waals surface area contributed by atoms with E-state index in [-0.39, 0.29) is 0 Å². The molecule has 2 aromatic rings. The molecule has 0 aromatic carbocycles. The van der Waals surface area contributed by atoms with Crippen molar-refractivity contribution in [1.82, 2.24) is 20.0 Å². The lowest BCUT2D eigenvalue weighted by Gasteiger charge is -1.84. The molecule has 0 aliphatic heterocycles. The van der Waals surface area contributed by atoms with Crippen LogP contribution < -0.4 is 0 Å².